The van der Waals surface area contributed by atoms with E-state index in [0.717, 1.165) is 19.3 Å². The zero-order chi connectivity index (χ0) is 15.3. The molecule has 0 aromatic rings. The summed E-state index contributed by atoms with van der Waals surface area (Å²) in [6.07, 6.45) is -1.88. The Morgan fingerprint density at radius 1 is 1.30 bits per heavy atom. The molecule has 8 heteroatoms. The smallest absolute Gasteiger partial charge is 0.401 e. The third-order valence-corrected chi connectivity index (χ3v) is 3.24. The summed E-state index contributed by atoms with van der Waals surface area (Å²) in [6.45, 7) is -0.341. The number of halogens is 3. The second-order valence-corrected chi connectivity index (χ2v) is 5.09. The molecular formula is C12H19F3N2O3. The molecule has 20 heavy (non-hydrogen) atoms. The minimum absolute atomic E-state index is 0.00573. The van der Waals surface area contributed by atoms with Crippen LogP contribution >= 0.6 is 0 Å². The molecule has 1 aliphatic heterocycles. The van der Waals surface area contributed by atoms with Gasteiger partial charge in [0.15, 0.2) is 0 Å². The van der Waals surface area contributed by atoms with Crippen molar-refractivity contribution < 1.29 is 27.9 Å². The number of carbonyl (C=O) groups is 2. The number of hydrogen-bond acceptors (Lipinski definition) is 3. The van der Waals surface area contributed by atoms with Crippen LogP contribution in [0.1, 0.15) is 26.2 Å². The van der Waals surface area contributed by atoms with Crippen molar-refractivity contribution in [3.05, 3.63) is 0 Å². The molecule has 1 amide bonds. The van der Waals surface area contributed by atoms with Crippen LogP contribution < -0.4 is 0 Å². The van der Waals surface area contributed by atoms with Crippen molar-refractivity contribution in [3.8, 4) is 0 Å². The summed E-state index contributed by atoms with van der Waals surface area (Å²) >= 11 is 0. The first-order valence-electron chi connectivity index (χ1n) is 6.49. The van der Waals surface area contributed by atoms with Gasteiger partial charge >= 0.3 is 12.1 Å². The number of alkyl halides is 3. The highest BCUT2D eigenvalue weighted by Gasteiger charge is 2.33. The van der Waals surface area contributed by atoms with Crippen molar-refractivity contribution in [2.24, 2.45) is 0 Å². The van der Waals surface area contributed by atoms with E-state index in [-0.39, 0.29) is 6.04 Å². The van der Waals surface area contributed by atoms with Gasteiger partial charge in [0.2, 0.25) is 5.91 Å². The number of amides is 1. The van der Waals surface area contributed by atoms with Crippen LogP contribution in [0.2, 0.25) is 0 Å². The van der Waals surface area contributed by atoms with E-state index in [1.54, 1.807) is 0 Å². The van der Waals surface area contributed by atoms with Gasteiger partial charge in [-0.3, -0.25) is 14.5 Å². The van der Waals surface area contributed by atoms with Crippen LogP contribution in [0.15, 0.2) is 0 Å². The molecule has 1 N–H and O–H groups in total. The van der Waals surface area contributed by atoms with Gasteiger partial charge in [-0.2, -0.15) is 13.2 Å². The van der Waals surface area contributed by atoms with E-state index in [4.69, 9.17) is 5.11 Å². The van der Waals surface area contributed by atoms with Crippen molar-refractivity contribution in [1.29, 1.82) is 0 Å². The van der Waals surface area contributed by atoms with E-state index in [1.165, 1.54) is 4.90 Å². The Hall–Kier alpha value is -1.31. The van der Waals surface area contributed by atoms with E-state index in [1.807, 2.05) is 6.92 Å². The number of likely N-dealkylation sites (tertiary alicyclic amines) is 1. The maximum absolute atomic E-state index is 12.4. The van der Waals surface area contributed by atoms with Gasteiger partial charge in [-0.1, -0.05) is 0 Å². The van der Waals surface area contributed by atoms with Crippen molar-refractivity contribution in [1.82, 2.24) is 9.80 Å². The van der Waals surface area contributed by atoms with Gasteiger partial charge in [0.05, 0.1) is 19.6 Å². The molecule has 0 aliphatic carbocycles. The van der Waals surface area contributed by atoms with Gasteiger partial charge in [0.1, 0.15) is 0 Å². The second-order valence-electron chi connectivity index (χ2n) is 5.09. The molecule has 0 radical (unpaired) electrons. The predicted octanol–water partition coefficient (Wildman–Crippen LogP) is 1.34. The Bertz CT molecular complexity index is 360. The van der Waals surface area contributed by atoms with Gasteiger partial charge < -0.3 is 10.0 Å². The summed E-state index contributed by atoms with van der Waals surface area (Å²) in [5, 5.41) is 8.62. The van der Waals surface area contributed by atoms with Crippen LogP contribution in [0.5, 0.6) is 0 Å². The molecule has 1 heterocycles. The van der Waals surface area contributed by atoms with Crippen LogP contribution in [0.4, 0.5) is 13.2 Å². The number of carboxylic acid groups (broad SMARTS) is 1. The van der Waals surface area contributed by atoms with E-state index < -0.39 is 37.7 Å². The minimum Gasteiger partial charge on any atom is -0.480 e. The normalized spacial score (nSPS) is 20.2. The van der Waals surface area contributed by atoms with E-state index in [9.17, 15) is 22.8 Å². The molecule has 0 saturated carbocycles. The van der Waals surface area contributed by atoms with Gasteiger partial charge in [0.25, 0.3) is 0 Å². The summed E-state index contributed by atoms with van der Waals surface area (Å²) in [7, 11) is 0. The molecule has 1 aliphatic rings. The van der Waals surface area contributed by atoms with Crippen LogP contribution in [0.25, 0.3) is 0 Å². The standard InChI is InChI=1S/C12H19F3N2O3/c1-9-4-2-3-5-17(9)10(18)6-16(7-11(19)20)8-12(13,14)15/h9H,2-8H2,1H3,(H,19,20). The topological polar surface area (TPSA) is 60.9 Å². The quantitative estimate of drug-likeness (QED) is 0.831. The molecule has 0 aromatic carbocycles. The summed E-state index contributed by atoms with van der Waals surface area (Å²) in [6, 6.07) is -0.00573. The first-order chi connectivity index (χ1) is 9.19. The SMILES string of the molecule is CC1CCCCN1C(=O)CN(CC(=O)O)CC(F)(F)F. The summed E-state index contributed by atoms with van der Waals surface area (Å²) < 4.78 is 37.1. The first kappa shape index (κ1) is 16.7. The molecular weight excluding hydrogens is 277 g/mol. The fourth-order valence-electron chi connectivity index (χ4n) is 2.36. The maximum atomic E-state index is 12.4. The lowest BCUT2D eigenvalue weighted by molar-refractivity contribution is -0.157. The molecule has 1 unspecified atom stereocenters. The second kappa shape index (κ2) is 6.92. The zero-order valence-electron chi connectivity index (χ0n) is 11.3. The largest absolute Gasteiger partial charge is 0.480 e. The fraction of sp³-hybridized carbons (Fsp3) is 0.833. The maximum Gasteiger partial charge on any atom is 0.401 e. The lowest BCUT2D eigenvalue weighted by atomic mass is 10.0. The van der Waals surface area contributed by atoms with Gasteiger partial charge in [0, 0.05) is 12.6 Å². The van der Waals surface area contributed by atoms with Crippen LogP contribution in [-0.4, -0.2) is 65.2 Å². The molecule has 116 valence electrons. The Balaban J connectivity index is 2.63. The lowest BCUT2D eigenvalue weighted by Crippen LogP contribution is -2.49. The Labute approximate surface area is 115 Å². The third-order valence-electron chi connectivity index (χ3n) is 3.24. The van der Waals surface area contributed by atoms with Crippen molar-refractivity contribution in [3.63, 3.8) is 0 Å². The van der Waals surface area contributed by atoms with Crippen molar-refractivity contribution in [2.75, 3.05) is 26.2 Å². The number of aliphatic carboxylic acids is 1. The highest BCUT2D eigenvalue weighted by Crippen LogP contribution is 2.19. The first-order valence-corrected chi connectivity index (χ1v) is 6.49. The van der Waals surface area contributed by atoms with Crippen LogP contribution in [0.3, 0.4) is 0 Å². The summed E-state index contributed by atoms with van der Waals surface area (Å²) in [5.41, 5.74) is 0. The molecule has 0 bridgehead atoms. The van der Waals surface area contributed by atoms with Crippen molar-refractivity contribution >= 4 is 11.9 Å². The molecule has 5 nitrogen and oxygen atoms in total. The Kier molecular flexibility index (Phi) is 5.79. The van der Waals surface area contributed by atoms with E-state index in [2.05, 4.69) is 0 Å². The third kappa shape index (κ3) is 5.77. The average molecular weight is 296 g/mol. The Morgan fingerprint density at radius 3 is 2.45 bits per heavy atom. The van der Waals surface area contributed by atoms with Gasteiger partial charge in [-0.25, -0.2) is 0 Å². The predicted molar refractivity (Wildman–Crippen MR) is 65.2 cm³/mol. The number of piperidine rings is 1. The van der Waals surface area contributed by atoms with Gasteiger partial charge in [-0.05, 0) is 26.2 Å². The number of carboxylic acids is 1. The van der Waals surface area contributed by atoms with E-state index in [0.29, 0.717) is 11.4 Å². The van der Waals surface area contributed by atoms with Crippen LogP contribution in [0, 0.1) is 0 Å². The number of rotatable bonds is 5. The highest BCUT2D eigenvalue weighted by molar-refractivity contribution is 5.79. The summed E-state index contributed by atoms with van der Waals surface area (Å²) in [5.74, 6) is -1.82. The average Bonchev–Trinajstić information content (AvgIpc) is 2.25. The lowest BCUT2D eigenvalue weighted by Gasteiger charge is -2.35. The summed E-state index contributed by atoms with van der Waals surface area (Å²) in [4.78, 5) is 24.7. The Morgan fingerprint density at radius 2 is 1.95 bits per heavy atom. The van der Waals surface area contributed by atoms with Crippen molar-refractivity contribution in [2.45, 2.75) is 38.4 Å². The van der Waals surface area contributed by atoms with E-state index >= 15 is 0 Å². The minimum atomic E-state index is -4.52. The zero-order valence-corrected chi connectivity index (χ0v) is 11.3. The molecule has 0 spiro atoms. The fourth-order valence-corrected chi connectivity index (χ4v) is 2.36. The van der Waals surface area contributed by atoms with Gasteiger partial charge in [-0.15, -0.1) is 0 Å². The molecule has 0 aromatic heterocycles. The molecule has 1 atom stereocenters. The molecule has 1 rings (SSSR count). The molecule has 1 fully saturated rings. The number of carbonyl (C=O) groups excluding carboxylic acids is 1. The number of hydrogen-bond donors (Lipinski definition) is 1. The number of nitrogens with zero attached hydrogens (tertiary/aromatic N) is 2. The molecule has 1 saturated heterocycles. The monoisotopic (exact) mass is 296 g/mol. The highest BCUT2D eigenvalue weighted by atomic mass is 19.4. The van der Waals surface area contributed by atoms with Crippen LogP contribution in [-0.2, 0) is 9.59 Å².